The Morgan fingerprint density at radius 3 is 2.71 bits per heavy atom. The van der Waals surface area contributed by atoms with E-state index in [0.29, 0.717) is 24.6 Å². The molecule has 0 spiro atoms. The van der Waals surface area contributed by atoms with Crippen molar-refractivity contribution in [3.05, 3.63) is 17.5 Å². The molecule has 1 amide bonds. The van der Waals surface area contributed by atoms with Gasteiger partial charge in [-0.1, -0.05) is 0 Å². The maximum Gasteiger partial charge on any atom is 0.339 e. The molecule has 1 rings (SSSR count). The number of rotatable bonds is 5. The Bertz CT molecular complexity index is 434. The third-order valence-corrected chi connectivity index (χ3v) is 2.12. The average Bonchev–Trinajstić information content (AvgIpc) is 2.28. The van der Waals surface area contributed by atoms with Crippen LogP contribution in [0.3, 0.4) is 0 Å². The SMILES string of the molecule is CNC(=O)CCNc1ncc(C(=O)O)c(C)n1. The number of anilines is 1. The number of aryl methyl sites for hydroxylation is 1. The standard InChI is InChI=1S/C10H14N4O3/c1-6-7(9(16)17)5-13-10(14-6)12-4-3-8(15)11-2/h5H,3-4H2,1-2H3,(H,11,15)(H,16,17)(H,12,13,14). The zero-order valence-corrected chi connectivity index (χ0v) is 9.65. The predicted molar refractivity (Wildman–Crippen MR) is 60.9 cm³/mol. The molecule has 0 aliphatic heterocycles. The first-order chi connectivity index (χ1) is 8.04. The molecular weight excluding hydrogens is 224 g/mol. The van der Waals surface area contributed by atoms with Crippen molar-refractivity contribution < 1.29 is 14.7 Å². The summed E-state index contributed by atoms with van der Waals surface area (Å²) in [4.78, 5) is 29.5. The van der Waals surface area contributed by atoms with E-state index in [9.17, 15) is 9.59 Å². The number of carbonyl (C=O) groups excluding carboxylic acids is 1. The van der Waals surface area contributed by atoms with Crippen LogP contribution in [0.1, 0.15) is 22.5 Å². The van der Waals surface area contributed by atoms with E-state index in [0.717, 1.165) is 0 Å². The number of carbonyl (C=O) groups is 2. The highest BCUT2D eigenvalue weighted by Gasteiger charge is 2.09. The molecule has 0 bridgehead atoms. The van der Waals surface area contributed by atoms with Crippen molar-refractivity contribution in [2.24, 2.45) is 0 Å². The molecule has 92 valence electrons. The highest BCUT2D eigenvalue weighted by Crippen LogP contribution is 2.06. The Kier molecular flexibility index (Phi) is 4.38. The second kappa shape index (κ2) is 5.78. The third-order valence-electron chi connectivity index (χ3n) is 2.12. The van der Waals surface area contributed by atoms with Gasteiger partial charge in [-0.3, -0.25) is 4.79 Å². The molecule has 7 nitrogen and oxygen atoms in total. The van der Waals surface area contributed by atoms with E-state index < -0.39 is 5.97 Å². The largest absolute Gasteiger partial charge is 0.478 e. The summed E-state index contributed by atoms with van der Waals surface area (Å²) in [6.07, 6.45) is 1.55. The second-order valence-corrected chi connectivity index (χ2v) is 3.35. The van der Waals surface area contributed by atoms with Gasteiger partial charge in [0.15, 0.2) is 0 Å². The quantitative estimate of drug-likeness (QED) is 0.668. The molecule has 0 atom stereocenters. The minimum Gasteiger partial charge on any atom is -0.478 e. The number of carboxylic acids is 1. The highest BCUT2D eigenvalue weighted by atomic mass is 16.4. The summed E-state index contributed by atoms with van der Waals surface area (Å²) in [5.74, 6) is -0.827. The molecule has 7 heteroatoms. The summed E-state index contributed by atoms with van der Waals surface area (Å²) >= 11 is 0. The van der Waals surface area contributed by atoms with E-state index >= 15 is 0 Å². The second-order valence-electron chi connectivity index (χ2n) is 3.35. The lowest BCUT2D eigenvalue weighted by Crippen LogP contribution is -2.21. The van der Waals surface area contributed by atoms with Crippen LogP contribution < -0.4 is 10.6 Å². The van der Waals surface area contributed by atoms with Crippen LogP contribution in [0, 0.1) is 6.92 Å². The number of nitrogens with one attached hydrogen (secondary N) is 2. The molecule has 0 unspecified atom stereocenters. The minimum absolute atomic E-state index is 0.0712. The van der Waals surface area contributed by atoms with E-state index in [2.05, 4.69) is 20.6 Å². The molecule has 0 saturated heterocycles. The first-order valence-electron chi connectivity index (χ1n) is 5.06. The lowest BCUT2D eigenvalue weighted by molar-refractivity contribution is -0.120. The fourth-order valence-corrected chi connectivity index (χ4v) is 1.18. The van der Waals surface area contributed by atoms with Gasteiger partial charge in [0.25, 0.3) is 0 Å². The number of aromatic carboxylic acids is 1. The van der Waals surface area contributed by atoms with Gasteiger partial charge in [-0.15, -0.1) is 0 Å². The molecule has 1 aromatic rings. The van der Waals surface area contributed by atoms with Crippen molar-refractivity contribution >= 4 is 17.8 Å². The molecule has 1 aromatic heterocycles. The third kappa shape index (κ3) is 3.71. The summed E-state index contributed by atoms with van der Waals surface area (Å²) in [7, 11) is 1.56. The van der Waals surface area contributed by atoms with Gasteiger partial charge in [0, 0.05) is 26.2 Å². The molecular formula is C10H14N4O3. The lowest BCUT2D eigenvalue weighted by Gasteiger charge is -2.06. The van der Waals surface area contributed by atoms with Gasteiger partial charge in [0.05, 0.1) is 11.3 Å². The van der Waals surface area contributed by atoms with E-state index in [1.54, 1.807) is 14.0 Å². The first kappa shape index (κ1) is 12.9. The average molecular weight is 238 g/mol. The maximum absolute atomic E-state index is 10.9. The van der Waals surface area contributed by atoms with E-state index in [4.69, 9.17) is 5.11 Å². The van der Waals surface area contributed by atoms with Crippen molar-refractivity contribution in [3.8, 4) is 0 Å². The Morgan fingerprint density at radius 2 is 2.18 bits per heavy atom. The molecule has 17 heavy (non-hydrogen) atoms. The zero-order valence-electron chi connectivity index (χ0n) is 9.65. The number of carboxylic acid groups (broad SMARTS) is 1. The molecule has 0 radical (unpaired) electrons. The van der Waals surface area contributed by atoms with Gasteiger partial charge in [0.2, 0.25) is 11.9 Å². The topological polar surface area (TPSA) is 104 Å². The molecule has 1 heterocycles. The van der Waals surface area contributed by atoms with Gasteiger partial charge in [-0.05, 0) is 6.92 Å². The van der Waals surface area contributed by atoms with Crippen LogP contribution in [0.15, 0.2) is 6.20 Å². The van der Waals surface area contributed by atoms with Crippen molar-refractivity contribution in [2.75, 3.05) is 18.9 Å². The van der Waals surface area contributed by atoms with Gasteiger partial charge < -0.3 is 15.7 Å². The fourth-order valence-electron chi connectivity index (χ4n) is 1.18. The molecule has 0 fully saturated rings. The van der Waals surface area contributed by atoms with Crippen LogP contribution in [0.5, 0.6) is 0 Å². The van der Waals surface area contributed by atoms with Crippen LogP contribution in [0.25, 0.3) is 0 Å². The summed E-state index contributed by atoms with van der Waals surface area (Å²) in [6.45, 7) is 1.99. The molecule has 0 aliphatic rings. The maximum atomic E-state index is 10.9. The van der Waals surface area contributed by atoms with Crippen LogP contribution in [-0.4, -0.2) is 40.5 Å². The fraction of sp³-hybridized carbons (Fsp3) is 0.400. The number of nitrogens with zero attached hydrogens (tertiary/aromatic N) is 2. The smallest absolute Gasteiger partial charge is 0.339 e. The first-order valence-corrected chi connectivity index (χ1v) is 5.06. The molecule has 0 aliphatic carbocycles. The Labute approximate surface area is 98.3 Å². The summed E-state index contributed by atoms with van der Waals surface area (Å²) in [6, 6.07) is 0. The van der Waals surface area contributed by atoms with E-state index in [1.165, 1.54) is 6.20 Å². The lowest BCUT2D eigenvalue weighted by atomic mass is 10.2. The summed E-state index contributed by atoms with van der Waals surface area (Å²) in [5, 5.41) is 14.1. The Hall–Kier alpha value is -2.18. The Morgan fingerprint density at radius 1 is 1.47 bits per heavy atom. The molecule has 3 N–H and O–H groups in total. The normalized spacial score (nSPS) is 9.76. The van der Waals surface area contributed by atoms with E-state index in [1.807, 2.05) is 0 Å². The van der Waals surface area contributed by atoms with Crippen LogP contribution in [0.4, 0.5) is 5.95 Å². The van der Waals surface area contributed by atoms with Gasteiger partial charge in [0.1, 0.15) is 0 Å². The number of hydrogen-bond acceptors (Lipinski definition) is 5. The number of hydrogen-bond donors (Lipinski definition) is 3. The summed E-state index contributed by atoms with van der Waals surface area (Å²) in [5.41, 5.74) is 0.455. The van der Waals surface area contributed by atoms with Crippen LogP contribution in [0.2, 0.25) is 0 Å². The van der Waals surface area contributed by atoms with E-state index in [-0.39, 0.29) is 11.5 Å². The van der Waals surface area contributed by atoms with Crippen molar-refractivity contribution in [2.45, 2.75) is 13.3 Å². The minimum atomic E-state index is -1.06. The molecule has 0 aromatic carbocycles. The van der Waals surface area contributed by atoms with Crippen molar-refractivity contribution in [1.29, 1.82) is 0 Å². The summed E-state index contributed by atoms with van der Waals surface area (Å²) < 4.78 is 0. The van der Waals surface area contributed by atoms with Gasteiger partial charge in [-0.25, -0.2) is 14.8 Å². The monoisotopic (exact) mass is 238 g/mol. The molecule has 0 saturated carbocycles. The number of amides is 1. The number of aromatic nitrogens is 2. The van der Waals surface area contributed by atoms with Crippen molar-refractivity contribution in [3.63, 3.8) is 0 Å². The van der Waals surface area contributed by atoms with Gasteiger partial charge in [-0.2, -0.15) is 0 Å². The predicted octanol–water partition coefficient (Wildman–Crippen LogP) is 0.0312. The zero-order chi connectivity index (χ0) is 12.8. The van der Waals surface area contributed by atoms with Crippen molar-refractivity contribution in [1.82, 2.24) is 15.3 Å². The Balaban J connectivity index is 2.59. The van der Waals surface area contributed by atoms with Crippen LogP contribution in [-0.2, 0) is 4.79 Å². The van der Waals surface area contributed by atoms with Gasteiger partial charge >= 0.3 is 5.97 Å². The van der Waals surface area contributed by atoms with Crippen LogP contribution >= 0.6 is 0 Å². The highest BCUT2D eigenvalue weighted by molar-refractivity contribution is 5.88.